The third-order valence-electron chi connectivity index (χ3n) is 4.00. The standard InChI is InChI=1S/C23H15BrCl2N2O2/c24-18-7-8-22(30-14-15-3-1-4-19(25)9-15)16(11-18)10-17(13-27)23(29)28-21-6-2-5-20(26)12-21/h1-12H,14H2,(H,28,29)/b17-10+. The van der Waals surface area contributed by atoms with E-state index in [1.54, 1.807) is 42.5 Å². The van der Waals surface area contributed by atoms with Gasteiger partial charge in [-0.15, -0.1) is 0 Å². The second kappa shape index (κ2) is 10.3. The Kier molecular flexibility index (Phi) is 7.53. The molecule has 3 aromatic rings. The number of amides is 1. The first-order valence-corrected chi connectivity index (χ1v) is 10.3. The third-order valence-corrected chi connectivity index (χ3v) is 4.97. The lowest BCUT2D eigenvalue weighted by atomic mass is 10.1. The number of nitrogens with zero attached hydrogens (tertiary/aromatic N) is 1. The Hall–Kier alpha value is -2.78. The van der Waals surface area contributed by atoms with Gasteiger partial charge in [-0.3, -0.25) is 4.79 Å². The molecule has 0 aliphatic carbocycles. The topological polar surface area (TPSA) is 62.1 Å². The maximum absolute atomic E-state index is 12.6. The van der Waals surface area contributed by atoms with Crippen LogP contribution in [0.15, 0.2) is 76.8 Å². The van der Waals surface area contributed by atoms with E-state index in [-0.39, 0.29) is 5.57 Å². The zero-order valence-electron chi connectivity index (χ0n) is 15.5. The molecule has 0 saturated carbocycles. The molecule has 3 rings (SSSR count). The Bertz CT molecular complexity index is 1160. The van der Waals surface area contributed by atoms with E-state index in [0.717, 1.165) is 10.0 Å². The Labute approximate surface area is 192 Å². The number of ether oxygens (including phenoxy) is 1. The normalized spacial score (nSPS) is 10.9. The van der Waals surface area contributed by atoms with E-state index in [1.807, 2.05) is 30.3 Å². The van der Waals surface area contributed by atoms with Gasteiger partial charge >= 0.3 is 0 Å². The highest BCUT2D eigenvalue weighted by molar-refractivity contribution is 9.10. The van der Waals surface area contributed by atoms with Gasteiger partial charge in [0.25, 0.3) is 5.91 Å². The summed E-state index contributed by atoms with van der Waals surface area (Å²) in [6.07, 6.45) is 1.48. The van der Waals surface area contributed by atoms with Gasteiger partial charge in [0, 0.05) is 25.8 Å². The molecule has 1 amide bonds. The van der Waals surface area contributed by atoms with E-state index in [9.17, 15) is 10.1 Å². The Morgan fingerprint density at radius 1 is 1.07 bits per heavy atom. The summed E-state index contributed by atoms with van der Waals surface area (Å²) in [6.45, 7) is 0.291. The van der Waals surface area contributed by atoms with Crippen LogP contribution in [0.1, 0.15) is 11.1 Å². The number of hydrogen-bond acceptors (Lipinski definition) is 3. The van der Waals surface area contributed by atoms with Gasteiger partial charge in [0.1, 0.15) is 24.0 Å². The molecule has 7 heteroatoms. The van der Waals surface area contributed by atoms with Gasteiger partial charge in [-0.05, 0) is 60.2 Å². The van der Waals surface area contributed by atoms with Crippen molar-refractivity contribution in [3.8, 4) is 11.8 Å². The van der Waals surface area contributed by atoms with Gasteiger partial charge in [-0.1, -0.05) is 57.3 Å². The van der Waals surface area contributed by atoms with Crippen LogP contribution in [0.2, 0.25) is 10.0 Å². The average molecular weight is 502 g/mol. The molecule has 0 aliphatic heterocycles. The molecule has 0 atom stereocenters. The zero-order valence-corrected chi connectivity index (χ0v) is 18.6. The number of rotatable bonds is 6. The Morgan fingerprint density at radius 3 is 2.50 bits per heavy atom. The number of carbonyl (C=O) groups excluding carboxylic acids is 1. The molecule has 150 valence electrons. The number of carbonyl (C=O) groups is 1. The van der Waals surface area contributed by atoms with Crippen LogP contribution in [0.3, 0.4) is 0 Å². The van der Waals surface area contributed by atoms with Crippen LogP contribution >= 0.6 is 39.1 Å². The van der Waals surface area contributed by atoms with Gasteiger partial charge in [0.05, 0.1) is 0 Å². The van der Waals surface area contributed by atoms with E-state index in [2.05, 4.69) is 21.2 Å². The number of benzene rings is 3. The first kappa shape index (κ1) is 21.9. The van der Waals surface area contributed by atoms with E-state index < -0.39 is 5.91 Å². The first-order chi connectivity index (χ1) is 14.4. The molecule has 0 unspecified atom stereocenters. The summed E-state index contributed by atoms with van der Waals surface area (Å²) in [5.41, 5.74) is 1.92. The predicted molar refractivity (Wildman–Crippen MR) is 124 cm³/mol. The van der Waals surface area contributed by atoms with Crippen molar-refractivity contribution in [1.82, 2.24) is 0 Å². The lowest BCUT2D eigenvalue weighted by molar-refractivity contribution is -0.112. The quantitative estimate of drug-likeness (QED) is 0.295. The van der Waals surface area contributed by atoms with E-state index in [0.29, 0.717) is 33.7 Å². The molecule has 0 radical (unpaired) electrons. The fourth-order valence-electron chi connectivity index (χ4n) is 2.62. The second-order valence-electron chi connectivity index (χ2n) is 6.24. The molecular weight excluding hydrogens is 487 g/mol. The van der Waals surface area contributed by atoms with Crippen LogP contribution < -0.4 is 10.1 Å². The van der Waals surface area contributed by atoms with Gasteiger partial charge in [0.15, 0.2) is 0 Å². The molecule has 0 heterocycles. The first-order valence-electron chi connectivity index (χ1n) is 8.80. The fourth-order valence-corrected chi connectivity index (χ4v) is 3.40. The average Bonchev–Trinajstić information content (AvgIpc) is 2.71. The summed E-state index contributed by atoms with van der Waals surface area (Å²) in [6, 6.07) is 21.4. The highest BCUT2D eigenvalue weighted by Gasteiger charge is 2.12. The summed E-state index contributed by atoms with van der Waals surface area (Å²) in [4.78, 5) is 12.6. The van der Waals surface area contributed by atoms with Gasteiger partial charge in [0.2, 0.25) is 0 Å². The molecule has 0 saturated heterocycles. The fraction of sp³-hybridized carbons (Fsp3) is 0.0435. The highest BCUT2D eigenvalue weighted by atomic mass is 79.9. The number of nitriles is 1. The minimum atomic E-state index is -0.541. The van der Waals surface area contributed by atoms with Crippen LogP contribution in [0.4, 0.5) is 5.69 Å². The molecule has 0 aliphatic rings. The summed E-state index contributed by atoms with van der Waals surface area (Å²) in [7, 11) is 0. The molecule has 30 heavy (non-hydrogen) atoms. The lowest BCUT2D eigenvalue weighted by Crippen LogP contribution is -2.13. The summed E-state index contributed by atoms with van der Waals surface area (Å²) < 4.78 is 6.70. The molecule has 3 aromatic carbocycles. The molecule has 0 bridgehead atoms. The van der Waals surface area contributed by atoms with Crippen molar-refractivity contribution < 1.29 is 9.53 Å². The number of anilines is 1. The Morgan fingerprint density at radius 2 is 1.80 bits per heavy atom. The second-order valence-corrected chi connectivity index (χ2v) is 8.02. The third kappa shape index (κ3) is 6.11. The van der Waals surface area contributed by atoms with Crippen LogP contribution in [-0.4, -0.2) is 5.91 Å². The lowest BCUT2D eigenvalue weighted by Gasteiger charge is -2.11. The maximum Gasteiger partial charge on any atom is 0.266 e. The van der Waals surface area contributed by atoms with Crippen LogP contribution in [0.5, 0.6) is 5.75 Å². The number of hydrogen-bond donors (Lipinski definition) is 1. The SMILES string of the molecule is N#C/C(=C\c1cc(Br)ccc1OCc1cccc(Cl)c1)C(=O)Nc1cccc(Cl)c1. The highest BCUT2D eigenvalue weighted by Crippen LogP contribution is 2.27. The molecule has 1 N–H and O–H groups in total. The summed E-state index contributed by atoms with van der Waals surface area (Å²) in [5, 5.41) is 13.3. The van der Waals surface area contributed by atoms with Crippen molar-refractivity contribution in [1.29, 1.82) is 5.26 Å². The number of halogens is 3. The summed E-state index contributed by atoms with van der Waals surface area (Å²) >= 11 is 15.4. The smallest absolute Gasteiger partial charge is 0.266 e. The van der Waals surface area contributed by atoms with Gasteiger partial charge < -0.3 is 10.1 Å². The number of nitrogens with one attached hydrogen (secondary N) is 1. The molecule has 0 spiro atoms. The van der Waals surface area contributed by atoms with Crippen molar-refractivity contribution in [3.05, 3.63) is 97.9 Å². The molecule has 0 aromatic heterocycles. The maximum atomic E-state index is 12.6. The van der Waals surface area contributed by atoms with Crippen LogP contribution in [0.25, 0.3) is 6.08 Å². The van der Waals surface area contributed by atoms with Crippen molar-refractivity contribution in [2.24, 2.45) is 0 Å². The van der Waals surface area contributed by atoms with Crippen molar-refractivity contribution in [3.63, 3.8) is 0 Å². The Balaban J connectivity index is 1.83. The summed E-state index contributed by atoms with van der Waals surface area (Å²) in [5.74, 6) is -0.0120. The predicted octanol–water partition coefficient (Wildman–Crippen LogP) is 6.88. The largest absolute Gasteiger partial charge is 0.488 e. The van der Waals surface area contributed by atoms with Crippen molar-refractivity contribution in [2.75, 3.05) is 5.32 Å². The van der Waals surface area contributed by atoms with Gasteiger partial charge in [-0.2, -0.15) is 5.26 Å². The molecular formula is C23H15BrCl2N2O2. The van der Waals surface area contributed by atoms with Gasteiger partial charge in [-0.25, -0.2) is 0 Å². The van der Waals surface area contributed by atoms with Crippen molar-refractivity contribution >= 4 is 56.8 Å². The van der Waals surface area contributed by atoms with E-state index >= 15 is 0 Å². The monoisotopic (exact) mass is 500 g/mol. The van der Waals surface area contributed by atoms with E-state index in [1.165, 1.54) is 6.08 Å². The molecule has 4 nitrogen and oxygen atoms in total. The zero-order chi connectivity index (χ0) is 21.5. The molecule has 0 fully saturated rings. The van der Waals surface area contributed by atoms with Crippen LogP contribution in [-0.2, 0) is 11.4 Å². The van der Waals surface area contributed by atoms with Crippen molar-refractivity contribution in [2.45, 2.75) is 6.61 Å². The van der Waals surface area contributed by atoms with Crippen LogP contribution in [0, 0.1) is 11.3 Å². The minimum absolute atomic E-state index is 0.0688. The van der Waals surface area contributed by atoms with E-state index in [4.69, 9.17) is 27.9 Å². The minimum Gasteiger partial charge on any atom is -0.488 e.